The van der Waals surface area contributed by atoms with E-state index in [9.17, 15) is 28.5 Å². The Morgan fingerprint density at radius 1 is 0.898 bits per heavy atom. The summed E-state index contributed by atoms with van der Waals surface area (Å²) in [5, 5.41) is 9.96. The number of imide groups is 2. The Morgan fingerprint density at radius 2 is 1.64 bits per heavy atom. The number of amides is 5. The van der Waals surface area contributed by atoms with Gasteiger partial charge in [-0.15, -0.1) is 0 Å². The van der Waals surface area contributed by atoms with Crippen molar-refractivity contribution in [2.24, 2.45) is 5.92 Å². The van der Waals surface area contributed by atoms with Gasteiger partial charge in [-0.05, 0) is 75.3 Å². The maximum Gasteiger partial charge on any atom is 0.262 e. The monoisotopic (exact) mass is 844 g/mol. The van der Waals surface area contributed by atoms with Crippen LogP contribution in [0.1, 0.15) is 52.8 Å². The van der Waals surface area contributed by atoms with Crippen molar-refractivity contribution in [3.8, 4) is 0 Å². The van der Waals surface area contributed by atoms with Crippen molar-refractivity contribution in [1.29, 1.82) is 0 Å². The molecule has 5 aliphatic rings. The zero-order valence-corrected chi connectivity index (χ0v) is 35.0. The summed E-state index contributed by atoms with van der Waals surface area (Å²) in [6.07, 6.45) is 4.53. The van der Waals surface area contributed by atoms with Crippen molar-refractivity contribution < 1.29 is 28.5 Å². The van der Waals surface area contributed by atoms with Crippen LogP contribution in [-0.2, 0) is 18.9 Å². The zero-order chi connectivity index (χ0) is 41.4. The normalized spacial score (nSPS) is 22.2. The third-order valence-electron chi connectivity index (χ3n) is 12.1. The molecule has 2 aromatic carbocycles. The second-order valence-corrected chi connectivity index (χ2v) is 20.1. The van der Waals surface area contributed by atoms with Gasteiger partial charge in [-0.2, -0.15) is 4.98 Å². The lowest BCUT2D eigenvalue weighted by Crippen LogP contribution is -2.54. The number of carbonyl (C=O) groups excluding carboxylic acids is 5. The van der Waals surface area contributed by atoms with Crippen LogP contribution in [-0.4, -0.2) is 150 Å². The number of anilines is 4. The van der Waals surface area contributed by atoms with Gasteiger partial charge in [0.1, 0.15) is 18.2 Å². The van der Waals surface area contributed by atoms with Crippen molar-refractivity contribution in [3.63, 3.8) is 0 Å². The first-order chi connectivity index (χ1) is 28.3. The molecule has 312 valence electrons. The van der Waals surface area contributed by atoms with Crippen LogP contribution in [0.4, 0.5) is 23.1 Å². The molecule has 0 bridgehead atoms. The van der Waals surface area contributed by atoms with Crippen LogP contribution >= 0.6 is 18.7 Å². The molecule has 0 saturated carbocycles. The Balaban J connectivity index is 0.761. The van der Waals surface area contributed by atoms with Gasteiger partial charge in [-0.3, -0.25) is 44.0 Å². The highest BCUT2D eigenvalue weighted by Gasteiger charge is 2.45. The number of hydrogen-bond acceptors (Lipinski definition) is 13. The van der Waals surface area contributed by atoms with Crippen LogP contribution in [0.15, 0.2) is 48.7 Å². The molecule has 4 saturated heterocycles. The molecule has 5 amide bonds. The van der Waals surface area contributed by atoms with Gasteiger partial charge in [-0.25, -0.2) is 4.98 Å². The smallest absolute Gasteiger partial charge is 0.262 e. The van der Waals surface area contributed by atoms with Crippen molar-refractivity contribution in [1.82, 2.24) is 34.9 Å². The number of rotatable bonds is 11. The van der Waals surface area contributed by atoms with E-state index in [-0.39, 0.29) is 30.4 Å². The number of benzene rings is 2. The van der Waals surface area contributed by atoms with E-state index in [0.29, 0.717) is 47.0 Å². The minimum atomic E-state index is -2.54. The molecule has 18 heteroatoms. The standard InChI is InChI=1S/C41H50ClN10O6P/c1-59(2,58)34-6-4-3-5-32(34)45-37-31(42)22-43-41(47-37)44-27-13-14-49(24-27)25-36(54)51-15-11-26(12-16-51)23-48-17-19-50(20-18-48)28-7-8-29-30(21-28)40(57)52(39(29)56)33-9-10-35(53)46-38(33)55/h3-8,21-22,26-27,33H,9-20,23-25H2,1-2H3,(H,46,53,55)(H2,43,44,45,47). The molecule has 4 fully saturated rings. The van der Waals surface area contributed by atoms with Crippen molar-refractivity contribution in [2.45, 2.75) is 44.2 Å². The van der Waals surface area contributed by atoms with E-state index in [1.165, 1.54) is 0 Å². The first kappa shape index (κ1) is 40.9. The Bertz CT molecular complexity index is 2200. The van der Waals surface area contributed by atoms with Gasteiger partial charge in [-0.1, -0.05) is 23.7 Å². The van der Waals surface area contributed by atoms with E-state index < -0.39 is 36.8 Å². The fourth-order valence-corrected chi connectivity index (χ4v) is 10.1. The van der Waals surface area contributed by atoms with Crippen molar-refractivity contribution in [2.75, 3.05) is 94.3 Å². The third kappa shape index (κ3) is 9.01. The predicted octanol–water partition coefficient (Wildman–Crippen LogP) is 3.07. The topological polar surface area (TPSA) is 180 Å². The second kappa shape index (κ2) is 17.0. The second-order valence-electron chi connectivity index (χ2n) is 16.5. The maximum atomic E-state index is 13.4. The van der Waals surface area contributed by atoms with E-state index in [0.717, 1.165) is 87.5 Å². The highest BCUT2D eigenvalue weighted by molar-refractivity contribution is 7.70. The molecule has 16 nitrogen and oxygen atoms in total. The largest absolute Gasteiger partial charge is 0.369 e. The number of nitrogens with one attached hydrogen (secondary N) is 3. The molecule has 0 aliphatic carbocycles. The summed E-state index contributed by atoms with van der Waals surface area (Å²) in [7, 11) is -2.54. The van der Waals surface area contributed by atoms with Crippen LogP contribution in [0.5, 0.6) is 0 Å². The van der Waals surface area contributed by atoms with Crippen LogP contribution in [0.25, 0.3) is 0 Å². The summed E-state index contributed by atoms with van der Waals surface area (Å²) in [5.41, 5.74) is 2.14. The van der Waals surface area contributed by atoms with Crippen LogP contribution in [0.3, 0.4) is 0 Å². The molecule has 3 aromatic rings. The minimum Gasteiger partial charge on any atom is -0.369 e. The van der Waals surface area contributed by atoms with Gasteiger partial charge >= 0.3 is 0 Å². The molecule has 0 spiro atoms. The summed E-state index contributed by atoms with van der Waals surface area (Å²) >= 11 is 6.45. The van der Waals surface area contributed by atoms with Crippen LogP contribution in [0, 0.1) is 5.92 Å². The van der Waals surface area contributed by atoms with E-state index in [4.69, 9.17) is 11.6 Å². The first-order valence-corrected chi connectivity index (χ1v) is 23.3. The lowest BCUT2D eigenvalue weighted by molar-refractivity contribution is -0.136. The van der Waals surface area contributed by atoms with Gasteiger partial charge in [0.25, 0.3) is 11.8 Å². The van der Waals surface area contributed by atoms with Crippen molar-refractivity contribution in [3.05, 3.63) is 64.8 Å². The minimum absolute atomic E-state index is 0.0755. The quantitative estimate of drug-likeness (QED) is 0.190. The van der Waals surface area contributed by atoms with Crippen LogP contribution < -0.4 is 26.2 Å². The predicted molar refractivity (Wildman–Crippen MR) is 225 cm³/mol. The van der Waals surface area contributed by atoms with Gasteiger partial charge in [0.2, 0.25) is 23.7 Å². The highest BCUT2D eigenvalue weighted by Crippen LogP contribution is 2.39. The number of para-hydroxylation sites is 1. The average Bonchev–Trinajstić information content (AvgIpc) is 3.76. The third-order valence-corrected chi connectivity index (χ3v) is 13.9. The van der Waals surface area contributed by atoms with Gasteiger partial charge in [0.05, 0.1) is 29.6 Å². The summed E-state index contributed by atoms with van der Waals surface area (Å²) in [5.74, 6) is -0.478. The van der Waals surface area contributed by atoms with Crippen LogP contribution in [0.2, 0.25) is 5.02 Å². The Labute approximate surface area is 348 Å². The molecule has 2 unspecified atom stereocenters. The number of hydrogen-bond donors (Lipinski definition) is 3. The number of piperidine rings is 2. The van der Waals surface area contributed by atoms with E-state index >= 15 is 0 Å². The zero-order valence-electron chi connectivity index (χ0n) is 33.4. The number of nitrogens with zero attached hydrogens (tertiary/aromatic N) is 7. The Hall–Kier alpha value is -4.89. The highest BCUT2D eigenvalue weighted by atomic mass is 35.5. The summed E-state index contributed by atoms with van der Waals surface area (Å²) in [6.45, 7) is 11.1. The lowest BCUT2D eigenvalue weighted by atomic mass is 9.95. The molecule has 3 N–H and O–H groups in total. The maximum absolute atomic E-state index is 13.4. The number of aromatic nitrogens is 2. The summed E-state index contributed by atoms with van der Waals surface area (Å²) in [6, 6.07) is 11.8. The van der Waals surface area contributed by atoms with Gasteiger partial charge < -0.3 is 25.0 Å². The SMILES string of the molecule is CP(C)(=O)c1ccccc1Nc1nc(NC2CCN(CC(=O)N3CCC(CN4CCN(c5ccc6c(c5)C(=O)N(C5CCC(=O)NC5=O)C6=O)CC4)CC3)C2)ncc1Cl. The summed E-state index contributed by atoms with van der Waals surface area (Å²) in [4.78, 5) is 82.8. The number of carbonyl (C=O) groups is 5. The molecule has 59 heavy (non-hydrogen) atoms. The molecular weight excluding hydrogens is 795 g/mol. The summed E-state index contributed by atoms with van der Waals surface area (Å²) < 4.78 is 12.9. The first-order valence-electron chi connectivity index (χ1n) is 20.3. The number of fused-ring (bicyclic) bond motifs is 1. The number of likely N-dealkylation sites (tertiary alicyclic amines) is 2. The Kier molecular flexibility index (Phi) is 11.8. The molecule has 0 radical (unpaired) electrons. The van der Waals surface area contributed by atoms with Crippen molar-refractivity contribution >= 4 is 76.7 Å². The number of piperazine rings is 1. The molecule has 2 atom stereocenters. The lowest BCUT2D eigenvalue weighted by Gasteiger charge is -2.40. The molecule has 5 aliphatic heterocycles. The fourth-order valence-electron chi connectivity index (χ4n) is 8.84. The molecule has 6 heterocycles. The van der Waals surface area contributed by atoms with Gasteiger partial charge in [0, 0.05) is 82.4 Å². The van der Waals surface area contributed by atoms with Gasteiger partial charge in [0.15, 0.2) is 5.82 Å². The van der Waals surface area contributed by atoms with E-state index in [1.54, 1.807) is 31.7 Å². The molecular formula is C41H50ClN10O6P. The Morgan fingerprint density at radius 3 is 2.39 bits per heavy atom. The average molecular weight is 845 g/mol. The molecule has 1 aromatic heterocycles. The van der Waals surface area contributed by atoms with E-state index in [2.05, 4.69) is 40.6 Å². The molecule has 8 rings (SSSR count). The fraction of sp³-hybridized carbons (Fsp3) is 0.488. The number of halogens is 1. The van der Waals surface area contributed by atoms with E-state index in [1.807, 2.05) is 35.2 Å².